The van der Waals surface area contributed by atoms with Crippen molar-refractivity contribution in [2.24, 2.45) is 5.92 Å². The minimum atomic E-state index is -0.482. The number of nitrogens with two attached hydrogens (primary N) is 1. The highest BCUT2D eigenvalue weighted by molar-refractivity contribution is 5.98. The summed E-state index contributed by atoms with van der Waals surface area (Å²) in [5.74, 6) is 0.567. The van der Waals surface area contributed by atoms with Crippen molar-refractivity contribution in [3.63, 3.8) is 0 Å². The van der Waals surface area contributed by atoms with E-state index < -0.39 is 5.97 Å². The molecule has 0 saturated heterocycles. The maximum Gasteiger partial charge on any atom is 0.344 e. The van der Waals surface area contributed by atoms with Gasteiger partial charge in [0.15, 0.2) is 0 Å². The van der Waals surface area contributed by atoms with Crippen molar-refractivity contribution in [2.45, 2.75) is 27.2 Å². The van der Waals surface area contributed by atoms with Crippen LogP contribution in [-0.2, 0) is 9.47 Å². The number of anilines is 1. The van der Waals surface area contributed by atoms with Crippen LogP contribution >= 0.6 is 0 Å². The topological polar surface area (TPSA) is 70.8 Å². The van der Waals surface area contributed by atoms with Gasteiger partial charge in [0.1, 0.15) is 17.9 Å². The Morgan fingerprint density at radius 2 is 2.00 bits per heavy atom. The minimum Gasteiger partial charge on any atom is -0.493 e. The predicted octanol–water partition coefficient (Wildman–Crippen LogP) is 2.89. The molecule has 0 aliphatic carbocycles. The molecule has 0 spiro atoms. The summed E-state index contributed by atoms with van der Waals surface area (Å²) in [4.78, 5) is 12.1. The molecule has 0 aromatic heterocycles. The van der Waals surface area contributed by atoms with Crippen LogP contribution in [0.15, 0.2) is 18.2 Å². The molecule has 1 rings (SSSR count). The summed E-state index contributed by atoms with van der Waals surface area (Å²) >= 11 is 0. The van der Waals surface area contributed by atoms with Gasteiger partial charge in [-0.3, -0.25) is 0 Å². The average molecular weight is 295 g/mol. The van der Waals surface area contributed by atoms with Gasteiger partial charge < -0.3 is 19.9 Å². The maximum absolute atomic E-state index is 12.1. The van der Waals surface area contributed by atoms with Crippen LogP contribution < -0.4 is 10.5 Å². The fraction of sp³-hybridized carbons (Fsp3) is 0.562. The van der Waals surface area contributed by atoms with Gasteiger partial charge in [0, 0.05) is 12.3 Å². The molecule has 0 atom stereocenters. The average Bonchev–Trinajstić information content (AvgIpc) is 2.42. The van der Waals surface area contributed by atoms with Crippen molar-refractivity contribution in [1.82, 2.24) is 0 Å². The van der Waals surface area contributed by atoms with E-state index in [4.69, 9.17) is 19.9 Å². The van der Waals surface area contributed by atoms with Gasteiger partial charge in [0.05, 0.1) is 13.2 Å². The second kappa shape index (κ2) is 9.23. The molecule has 0 bridgehead atoms. The number of esters is 1. The quantitative estimate of drug-likeness (QED) is 0.431. The van der Waals surface area contributed by atoms with Crippen LogP contribution in [0, 0.1) is 5.92 Å². The number of ether oxygens (including phenoxy) is 3. The number of hydrogen-bond acceptors (Lipinski definition) is 5. The fourth-order valence-electron chi connectivity index (χ4n) is 1.73. The predicted molar refractivity (Wildman–Crippen MR) is 82.6 cm³/mol. The number of carbonyl (C=O) groups excluding carboxylic acids is 1. The van der Waals surface area contributed by atoms with E-state index in [-0.39, 0.29) is 12.2 Å². The summed E-state index contributed by atoms with van der Waals surface area (Å²) in [7, 11) is 0. The molecule has 0 radical (unpaired) electrons. The summed E-state index contributed by atoms with van der Waals surface area (Å²) in [6.07, 6.45) is 0.994. The Labute approximate surface area is 126 Å². The van der Waals surface area contributed by atoms with Crippen molar-refractivity contribution in [3.05, 3.63) is 23.8 Å². The van der Waals surface area contributed by atoms with E-state index in [1.54, 1.807) is 18.2 Å². The molecular weight excluding hydrogens is 270 g/mol. The van der Waals surface area contributed by atoms with Crippen molar-refractivity contribution >= 4 is 11.7 Å². The zero-order chi connectivity index (χ0) is 15.7. The van der Waals surface area contributed by atoms with Crippen LogP contribution in [-0.4, -0.2) is 32.4 Å². The van der Waals surface area contributed by atoms with Crippen LogP contribution in [0.5, 0.6) is 5.75 Å². The molecule has 0 saturated carbocycles. The van der Waals surface area contributed by atoms with E-state index in [2.05, 4.69) is 13.8 Å². The molecule has 0 unspecified atom stereocenters. The Balaban J connectivity index is 2.45. The molecule has 0 amide bonds. The summed E-state index contributed by atoms with van der Waals surface area (Å²) in [5.41, 5.74) is 6.46. The molecule has 1 aromatic carbocycles. The SMILES string of the molecule is CCOc1cccc(N)c1C(=O)OCCOCCC(C)C. The zero-order valence-corrected chi connectivity index (χ0v) is 13.1. The second-order valence-electron chi connectivity index (χ2n) is 5.08. The summed E-state index contributed by atoms with van der Waals surface area (Å²) < 4.78 is 16.0. The highest BCUT2D eigenvalue weighted by atomic mass is 16.6. The van der Waals surface area contributed by atoms with Crippen LogP contribution in [0.1, 0.15) is 37.6 Å². The maximum atomic E-state index is 12.1. The number of carbonyl (C=O) groups is 1. The monoisotopic (exact) mass is 295 g/mol. The van der Waals surface area contributed by atoms with E-state index in [1.807, 2.05) is 6.92 Å². The molecule has 0 heterocycles. The molecule has 0 fully saturated rings. The van der Waals surface area contributed by atoms with E-state index >= 15 is 0 Å². The fourth-order valence-corrected chi connectivity index (χ4v) is 1.73. The summed E-state index contributed by atoms with van der Waals surface area (Å²) in [6.45, 7) is 7.84. The first-order valence-corrected chi connectivity index (χ1v) is 7.32. The van der Waals surface area contributed by atoms with Crippen molar-refractivity contribution in [3.8, 4) is 5.75 Å². The lowest BCUT2D eigenvalue weighted by Gasteiger charge is -2.12. The molecular formula is C16H25NO4. The molecule has 2 N–H and O–H groups in total. The molecule has 1 aromatic rings. The first-order chi connectivity index (χ1) is 10.1. The third kappa shape index (κ3) is 6.04. The number of hydrogen-bond donors (Lipinski definition) is 1. The van der Waals surface area contributed by atoms with Crippen molar-refractivity contribution < 1.29 is 19.0 Å². The lowest BCUT2D eigenvalue weighted by atomic mass is 10.1. The summed E-state index contributed by atoms with van der Waals surface area (Å²) in [6, 6.07) is 5.10. The highest BCUT2D eigenvalue weighted by Gasteiger charge is 2.17. The van der Waals surface area contributed by atoms with E-state index in [0.29, 0.717) is 37.2 Å². The first-order valence-electron chi connectivity index (χ1n) is 7.32. The smallest absolute Gasteiger partial charge is 0.344 e. The third-order valence-electron chi connectivity index (χ3n) is 2.86. The highest BCUT2D eigenvalue weighted by Crippen LogP contribution is 2.25. The van der Waals surface area contributed by atoms with Crippen molar-refractivity contribution in [1.29, 1.82) is 0 Å². The third-order valence-corrected chi connectivity index (χ3v) is 2.86. The molecule has 21 heavy (non-hydrogen) atoms. The Bertz CT molecular complexity index is 446. The second-order valence-corrected chi connectivity index (χ2v) is 5.08. The van der Waals surface area contributed by atoms with Gasteiger partial charge in [0.2, 0.25) is 0 Å². The van der Waals surface area contributed by atoms with E-state index in [1.165, 1.54) is 0 Å². The largest absolute Gasteiger partial charge is 0.493 e. The Morgan fingerprint density at radius 1 is 1.24 bits per heavy atom. The van der Waals surface area contributed by atoms with E-state index in [9.17, 15) is 4.79 Å². The molecule has 0 aliphatic rings. The molecule has 5 heteroatoms. The lowest BCUT2D eigenvalue weighted by molar-refractivity contribution is 0.0301. The Morgan fingerprint density at radius 3 is 2.67 bits per heavy atom. The summed E-state index contributed by atoms with van der Waals surface area (Å²) in [5, 5.41) is 0. The minimum absolute atomic E-state index is 0.205. The van der Waals surface area contributed by atoms with Crippen LogP contribution in [0.25, 0.3) is 0 Å². The Hall–Kier alpha value is -1.75. The van der Waals surface area contributed by atoms with Crippen molar-refractivity contribution in [2.75, 3.05) is 32.2 Å². The van der Waals surface area contributed by atoms with Gasteiger partial charge in [-0.2, -0.15) is 0 Å². The lowest BCUT2D eigenvalue weighted by Crippen LogP contribution is -2.14. The van der Waals surface area contributed by atoms with Crippen LogP contribution in [0.4, 0.5) is 5.69 Å². The van der Waals surface area contributed by atoms with Gasteiger partial charge in [-0.05, 0) is 31.4 Å². The zero-order valence-electron chi connectivity index (χ0n) is 13.1. The van der Waals surface area contributed by atoms with E-state index in [0.717, 1.165) is 6.42 Å². The molecule has 5 nitrogen and oxygen atoms in total. The number of benzene rings is 1. The first kappa shape index (κ1) is 17.3. The standard InChI is InChI=1S/C16H25NO4/c1-4-20-14-7-5-6-13(17)15(14)16(18)21-11-10-19-9-8-12(2)3/h5-7,12H,4,8-11,17H2,1-3H3. The van der Waals surface area contributed by atoms with Gasteiger partial charge in [-0.1, -0.05) is 19.9 Å². The van der Waals surface area contributed by atoms with Gasteiger partial charge in [-0.25, -0.2) is 4.79 Å². The van der Waals surface area contributed by atoms with Gasteiger partial charge in [-0.15, -0.1) is 0 Å². The van der Waals surface area contributed by atoms with Crippen LogP contribution in [0.2, 0.25) is 0 Å². The van der Waals surface area contributed by atoms with Crippen LogP contribution in [0.3, 0.4) is 0 Å². The van der Waals surface area contributed by atoms with Gasteiger partial charge in [0.25, 0.3) is 0 Å². The van der Waals surface area contributed by atoms with Gasteiger partial charge >= 0.3 is 5.97 Å². The Kier molecular flexibility index (Phi) is 7.61. The normalized spacial score (nSPS) is 10.7. The molecule has 0 aliphatic heterocycles. The number of rotatable bonds is 9. The number of nitrogen functional groups attached to an aromatic ring is 1. The molecule has 118 valence electrons.